The number of fused-ring (bicyclic) bond motifs is 1. The monoisotopic (exact) mass is 264 g/mol. The standard InChI is InChI=1S/C14H17FN2S/c1-17(13-4-5-18-9-13)8-12-7-10-6-11(15)2-3-14(10)16-12/h2-3,6-7,13,16H,4-5,8-9H2,1H3/t13-/m1/s1. The van der Waals surface area contributed by atoms with Crippen molar-refractivity contribution < 1.29 is 4.39 Å². The van der Waals surface area contributed by atoms with E-state index in [-0.39, 0.29) is 5.82 Å². The van der Waals surface area contributed by atoms with Gasteiger partial charge in [0, 0.05) is 34.9 Å². The van der Waals surface area contributed by atoms with Crippen LogP contribution in [0.15, 0.2) is 24.3 Å². The second kappa shape index (κ2) is 4.94. The molecule has 2 nitrogen and oxygen atoms in total. The minimum absolute atomic E-state index is 0.173. The summed E-state index contributed by atoms with van der Waals surface area (Å²) in [6, 6.07) is 7.62. The molecule has 1 N–H and O–H groups in total. The zero-order chi connectivity index (χ0) is 12.5. The van der Waals surface area contributed by atoms with Crippen molar-refractivity contribution in [2.45, 2.75) is 19.0 Å². The molecule has 1 aliphatic rings. The fourth-order valence-electron chi connectivity index (χ4n) is 2.52. The number of hydrogen-bond donors (Lipinski definition) is 1. The Morgan fingerprint density at radius 1 is 1.44 bits per heavy atom. The average molecular weight is 264 g/mol. The maximum atomic E-state index is 13.1. The van der Waals surface area contributed by atoms with E-state index in [0.717, 1.165) is 23.1 Å². The maximum absolute atomic E-state index is 13.1. The molecule has 0 amide bonds. The molecule has 1 aromatic carbocycles. The minimum Gasteiger partial charge on any atom is -0.357 e. The summed E-state index contributed by atoms with van der Waals surface area (Å²) < 4.78 is 13.1. The summed E-state index contributed by atoms with van der Waals surface area (Å²) in [5.74, 6) is 2.33. The van der Waals surface area contributed by atoms with Crippen LogP contribution < -0.4 is 0 Å². The van der Waals surface area contributed by atoms with E-state index in [2.05, 4.69) is 23.0 Å². The number of aromatic amines is 1. The molecule has 18 heavy (non-hydrogen) atoms. The lowest BCUT2D eigenvalue weighted by molar-refractivity contribution is 0.252. The third-order valence-electron chi connectivity index (χ3n) is 3.59. The highest BCUT2D eigenvalue weighted by Gasteiger charge is 2.20. The average Bonchev–Trinajstić information content (AvgIpc) is 2.95. The third-order valence-corrected chi connectivity index (χ3v) is 4.73. The maximum Gasteiger partial charge on any atom is 0.123 e. The van der Waals surface area contributed by atoms with Crippen LogP contribution in [-0.2, 0) is 6.54 Å². The molecule has 0 bridgehead atoms. The number of hydrogen-bond acceptors (Lipinski definition) is 2. The van der Waals surface area contributed by atoms with E-state index < -0.39 is 0 Å². The van der Waals surface area contributed by atoms with Crippen LogP contribution in [0.2, 0.25) is 0 Å². The number of benzene rings is 1. The van der Waals surface area contributed by atoms with Gasteiger partial charge in [-0.1, -0.05) is 0 Å². The highest BCUT2D eigenvalue weighted by Crippen LogP contribution is 2.23. The lowest BCUT2D eigenvalue weighted by Crippen LogP contribution is -2.30. The summed E-state index contributed by atoms with van der Waals surface area (Å²) in [6.07, 6.45) is 1.27. The molecule has 0 unspecified atom stereocenters. The van der Waals surface area contributed by atoms with Crippen LogP contribution in [-0.4, -0.2) is 34.5 Å². The Bertz CT molecular complexity index is 546. The summed E-state index contributed by atoms with van der Waals surface area (Å²) in [6.45, 7) is 0.904. The number of nitrogens with one attached hydrogen (secondary N) is 1. The van der Waals surface area contributed by atoms with Crippen molar-refractivity contribution >= 4 is 22.7 Å². The molecule has 1 fully saturated rings. The minimum atomic E-state index is -0.173. The summed E-state index contributed by atoms with van der Waals surface area (Å²) >= 11 is 2.03. The first-order valence-corrected chi connectivity index (χ1v) is 7.43. The van der Waals surface area contributed by atoms with E-state index >= 15 is 0 Å². The number of thioether (sulfide) groups is 1. The first-order valence-electron chi connectivity index (χ1n) is 6.27. The lowest BCUT2D eigenvalue weighted by Gasteiger charge is -2.22. The van der Waals surface area contributed by atoms with Crippen molar-refractivity contribution in [1.82, 2.24) is 9.88 Å². The van der Waals surface area contributed by atoms with Crippen molar-refractivity contribution in [3.8, 4) is 0 Å². The number of halogens is 1. The fraction of sp³-hybridized carbons (Fsp3) is 0.429. The zero-order valence-corrected chi connectivity index (χ0v) is 11.3. The Balaban J connectivity index is 1.77. The number of nitrogens with zero attached hydrogens (tertiary/aromatic N) is 1. The van der Waals surface area contributed by atoms with Crippen molar-refractivity contribution in [1.29, 1.82) is 0 Å². The van der Waals surface area contributed by atoms with E-state index in [9.17, 15) is 4.39 Å². The Morgan fingerprint density at radius 2 is 2.33 bits per heavy atom. The molecule has 1 aromatic heterocycles. The van der Waals surface area contributed by atoms with Crippen LogP contribution in [0.3, 0.4) is 0 Å². The smallest absolute Gasteiger partial charge is 0.123 e. The number of aromatic nitrogens is 1. The number of rotatable bonds is 3. The van der Waals surface area contributed by atoms with Crippen LogP contribution in [0.5, 0.6) is 0 Å². The molecule has 4 heteroatoms. The van der Waals surface area contributed by atoms with Gasteiger partial charge < -0.3 is 4.98 Å². The Kier molecular flexibility index (Phi) is 3.31. The fourth-order valence-corrected chi connectivity index (χ4v) is 3.81. The van der Waals surface area contributed by atoms with Gasteiger partial charge in [-0.15, -0.1) is 0 Å². The molecule has 3 rings (SSSR count). The third kappa shape index (κ3) is 2.40. The topological polar surface area (TPSA) is 19.0 Å². The molecule has 1 atom stereocenters. The molecule has 0 saturated carbocycles. The van der Waals surface area contributed by atoms with E-state index in [4.69, 9.17) is 0 Å². The van der Waals surface area contributed by atoms with Crippen LogP contribution in [0.1, 0.15) is 12.1 Å². The van der Waals surface area contributed by atoms with Gasteiger partial charge in [-0.25, -0.2) is 4.39 Å². The van der Waals surface area contributed by atoms with Gasteiger partial charge in [0.15, 0.2) is 0 Å². The summed E-state index contributed by atoms with van der Waals surface area (Å²) in [5, 5.41) is 0.958. The molecule has 1 saturated heterocycles. The van der Waals surface area contributed by atoms with Crippen molar-refractivity contribution in [2.24, 2.45) is 0 Å². The largest absolute Gasteiger partial charge is 0.357 e. The van der Waals surface area contributed by atoms with Gasteiger partial charge in [0.1, 0.15) is 5.82 Å². The van der Waals surface area contributed by atoms with Crippen LogP contribution in [0.25, 0.3) is 10.9 Å². The normalized spacial score (nSPS) is 20.1. The van der Waals surface area contributed by atoms with Crippen molar-refractivity contribution in [3.05, 3.63) is 35.8 Å². The molecule has 96 valence electrons. The van der Waals surface area contributed by atoms with Gasteiger partial charge >= 0.3 is 0 Å². The van der Waals surface area contributed by atoms with Gasteiger partial charge in [0.25, 0.3) is 0 Å². The molecular formula is C14H17FN2S. The van der Waals surface area contributed by atoms with E-state index in [1.807, 2.05) is 11.8 Å². The SMILES string of the molecule is CN(Cc1cc2cc(F)ccc2[nH]1)[C@@H]1CCSC1. The number of H-pyrrole nitrogens is 1. The lowest BCUT2D eigenvalue weighted by atomic mass is 10.2. The molecular weight excluding hydrogens is 247 g/mol. The van der Waals surface area contributed by atoms with Gasteiger partial charge in [0.05, 0.1) is 0 Å². The second-order valence-corrected chi connectivity index (χ2v) is 6.11. The first kappa shape index (κ1) is 12.1. The highest BCUT2D eigenvalue weighted by molar-refractivity contribution is 7.99. The summed E-state index contributed by atoms with van der Waals surface area (Å²) in [7, 11) is 2.17. The van der Waals surface area contributed by atoms with Gasteiger partial charge in [-0.05, 0) is 43.5 Å². The second-order valence-electron chi connectivity index (χ2n) is 4.96. The molecule has 0 aliphatic carbocycles. The van der Waals surface area contributed by atoms with Crippen LogP contribution in [0.4, 0.5) is 4.39 Å². The van der Waals surface area contributed by atoms with E-state index in [1.165, 1.54) is 24.0 Å². The summed E-state index contributed by atoms with van der Waals surface area (Å²) in [4.78, 5) is 5.75. The van der Waals surface area contributed by atoms with Crippen LogP contribution >= 0.6 is 11.8 Å². The van der Waals surface area contributed by atoms with Gasteiger partial charge in [-0.3, -0.25) is 4.90 Å². The van der Waals surface area contributed by atoms with Gasteiger partial charge in [0.2, 0.25) is 0 Å². The van der Waals surface area contributed by atoms with E-state index in [1.54, 1.807) is 12.1 Å². The van der Waals surface area contributed by atoms with Gasteiger partial charge in [-0.2, -0.15) is 11.8 Å². The first-order chi connectivity index (χ1) is 8.72. The van der Waals surface area contributed by atoms with Crippen molar-refractivity contribution in [2.75, 3.05) is 18.6 Å². The quantitative estimate of drug-likeness (QED) is 0.917. The molecule has 2 aromatic rings. The van der Waals surface area contributed by atoms with Crippen molar-refractivity contribution in [3.63, 3.8) is 0 Å². The zero-order valence-electron chi connectivity index (χ0n) is 10.4. The molecule has 0 spiro atoms. The Hall–Kier alpha value is -1.000. The molecule has 0 radical (unpaired) electrons. The predicted molar refractivity (Wildman–Crippen MR) is 75.5 cm³/mol. The van der Waals surface area contributed by atoms with E-state index in [0.29, 0.717) is 6.04 Å². The molecule has 2 heterocycles. The summed E-state index contributed by atoms with van der Waals surface area (Å²) in [5.41, 5.74) is 2.18. The Morgan fingerprint density at radius 3 is 3.11 bits per heavy atom. The highest BCUT2D eigenvalue weighted by atomic mass is 32.2. The molecule has 1 aliphatic heterocycles. The predicted octanol–water partition coefficient (Wildman–Crippen LogP) is 3.24. The van der Waals surface area contributed by atoms with Crippen LogP contribution in [0, 0.1) is 5.82 Å². The Labute approximate surface area is 111 Å².